The lowest BCUT2D eigenvalue weighted by Gasteiger charge is -2.04. The van der Waals surface area contributed by atoms with Gasteiger partial charge in [-0.25, -0.2) is 16.8 Å². The summed E-state index contributed by atoms with van der Waals surface area (Å²) < 4.78 is 50.2. The average Bonchev–Trinajstić information content (AvgIpc) is 2.16. The molecule has 16 heavy (non-hydrogen) atoms. The largest absolute Gasteiger partial charge is 0.368 e. The van der Waals surface area contributed by atoms with Gasteiger partial charge < -0.3 is 4.74 Å². The molecule has 0 unspecified atom stereocenters. The first-order chi connectivity index (χ1) is 7.27. The second kappa shape index (κ2) is 4.52. The number of methoxy groups -OCH3 is 1. The third-order valence-corrected chi connectivity index (χ3v) is 4.49. The Morgan fingerprint density at radius 1 is 1.12 bits per heavy atom. The molecule has 5 nitrogen and oxygen atoms in total. The summed E-state index contributed by atoms with van der Waals surface area (Å²) in [6, 6.07) is 5.20. The number of ether oxygens (including phenoxy) is 1. The molecule has 0 aliphatic rings. The Hall–Kier alpha value is -0.920. The summed E-state index contributed by atoms with van der Waals surface area (Å²) >= 11 is 0. The summed E-state index contributed by atoms with van der Waals surface area (Å²) in [7, 11) is -5.72. The zero-order valence-corrected chi connectivity index (χ0v) is 10.5. The Morgan fingerprint density at radius 2 is 1.69 bits per heavy atom. The van der Waals surface area contributed by atoms with E-state index < -0.39 is 25.6 Å². The van der Waals surface area contributed by atoms with Gasteiger partial charge >= 0.3 is 0 Å². The van der Waals surface area contributed by atoms with Crippen LogP contribution in [0.25, 0.3) is 0 Å². The number of benzene rings is 1. The molecule has 0 saturated carbocycles. The Bertz CT molecular complexity index is 572. The quantitative estimate of drug-likeness (QED) is 0.790. The van der Waals surface area contributed by atoms with Crippen LogP contribution < -0.4 is 0 Å². The molecule has 0 radical (unpaired) electrons. The van der Waals surface area contributed by atoms with E-state index in [-0.39, 0.29) is 9.79 Å². The van der Waals surface area contributed by atoms with Crippen LogP contribution in [0.5, 0.6) is 0 Å². The molecular formula is C9H12O5S2. The van der Waals surface area contributed by atoms with E-state index >= 15 is 0 Å². The SMILES string of the molecule is COCS(=O)(=O)c1cccc(S(C)(=O)=O)c1. The Kier molecular flexibility index (Phi) is 3.72. The van der Waals surface area contributed by atoms with E-state index in [1.54, 1.807) is 0 Å². The molecule has 0 atom stereocenters. The highest BCUT2D eigenvalue weighted by molar-refractivity contribution is 7.91. The Labute approximate surface area is 94.9 Å². The Balaban J connectivity index is 3.29. The second-order valence-electron chi connectivity index (χ2n) is 3.27. The molecule has 0 fully saturated rings. The lowest BCUT2D eigenvalue weighted by molar-refractivity contribution is 0.249. The highest BCUT2D eigenvalue weighted by Gasteiger charge is 2.16. The van der Waals surface area contributed by atoms with Crippen LogP contribution in [0, 0.1) is 0 Å². The van der Waals surface area contributed by atoms with E-state index in [2.05, 4.69) is 4.74 Å². The fraction of sp³-hybridized carbons (Fsp3) is 0.333. The maximum absolute atomic E-state index is 11.6. The minimum atomic E-state index is -3.58. The molecule has 0 amide bonds. The van der Waals surface area contributed by atoms with E-state index in [1.165, 1.54) is 25.3 Å². The van der Waals surface area contributed by atoms with Gasteiger partial charge in [0.1, 0.15) is 0 Å². The maximum Gasteiger partial charge on any atom is 0.202 e. The topological polar surface area (TPSA) is 77.5 Å². The van der Waals surface area contributed by atoms with Gasteiger partial charge in [0.25, 0.3) is 0 Å². The summed E-state index contributed by atoms with van der Waals surface area (Å²) in [5, 5.41) is 0. The van der Waals surface area contributed by atoms with Crippen LogP contribution in [0.2, 0.25) is 0 Å². The monoisotopic (exact) mass is 264 g/mol. The average molecular weight is 264 g/mol. The third kappa shape index (κ3) is 3.03. The van der Waals surface area contributed by atoms with Crippen molar-refractivity contribution in [2.45, 2.75) is 9.79 Å². The fourth-order valence-electron chi connectivity index (χ4n) is 1.12. The summed E-state index contributed by atoms with van der Waals surface area (Å²) in [6.45, 7) is 0. The predicted molar refractivity (Wildman–Crippen MR) is 58.6 cm³/mol. The zero-order chi connectivity index (χ0) is 12.4. The van der Waals surface area contributed by atoms with Crippen molar-refractivity contribution in [2.24, 2.45) is 0 Å². The van der Waals surface area contributed by atoms with E-state index in [4.69, 9.17) is 0 Å². The van der Waals surface area contributed by atoms with Gasteiger partial charge in [-0.3, -0.25) is 0 Å². The van der Waals surface area contributed by atoms with Crippen LogP contribution in [0.4, 0.5) is 0 Å². The van der Waals surface area contributed by atoms with Gasteiger partial charge in [0.2, 0.25) is 9.84 Å². The molecule has 1 aromatic rings. The minimum absolute atomic E-state index is 0.0234. The summed E-state index contributed by atoms with van der Waals surface area (Å²) in [5.41, 5.74) is 0. The molecule has 0 bridgehead atoms. The molecule has 0 heterocycles. The van der Waals surface area contributed by atoms with Crippen molar-refractivity contribution in [1.82, 2.24) is 0 Å². The van der Waals surface area contributed by atoms with Gasteiger partial charge in [-0.1, -0.05) is 6.07 Å². The first kappa shape index (κ1) is 13.1. The lowest BCUT2D eigenvalue weighted by atomic mass is 10.4. The highest BCUT2D eigenvalue weighted by atomic mass is 32.2. The molecule has 0 aliphatic heterocycles. The van der Waals surface area contributed by atoms with Gasteiger partial charge in [0.05, 0.1) is 9.79 Å². The first-order valence-electron chi connectivity index (χ1n) is 4.29. The van der Waals surface area contributed by atoms with Crippen molar-refractivity contribution in [1.29, 1.82) is 0 Å². The van der Waals surface area contributed by atoms with E-state index in [9.17, 15) is 16.8 Å². The molecule has 0 N–H and O–H groups in total. The van der Waals surface area contributed by atoms with E-state index in [0.29, 0.717) is 0 Å². The van der Waals surface area contributed by atoms with Gasteiger partial charge in [-0.05, 0) is 18.2 Å². The van der Waals surface area contributed by atoms with Crippen LogP contribution in [0.15, 0.2) is 34.1 Å². The van der Waals surface area contributed by atoms with Crippen LogP contribution in [-0.4, -0.2) is 36.1 Å². The minimum Gasteiger partial charge on any atom is -0.368 e. The first-order valence-corrected chi connectivity index (χ1v) is 7.83. The normalized spacial score (nSPS) is 12.6. The summed E-state index contributed by atoms with van der Waals surface area (Å²) in [4.78, 5) is -0.0815. The van der Waals surface area contributed by atoms with Crippen molar-refractivity contribution >= 4 is 19.7 Å². The van der Waals surface area contributed by atoms with Crippen LogP contribution in [0.3, 0.4) is 0 Å². The molecule has 1 rings (SSSR count). The molecule has 1 aromatic carbocycles. The maximum atomic E-state index is 11.6. The van der Waals surface area contributed by atoms with Gasteiger partial charge in [0, 0.05) is 13.4 Å². The molecule has 0 saturated heterocycles. The van der Waals surface area contributed by atoms with Gasteiger partial charge in [-0.2, -0.15) is 0 Å². The van der Waals surface area contributed by atoms with Crippen LogP contribution in [0.1, 0.15) is 0 Å². The molecule has 7 heteroatoms. The highest BCUT2D eigenvalue weighted by Crippen LogP contribution is 2.16. The second-order valence-corrected chi connectivity index (χ2v) is 7.22. The van der Waals surface area contributed by atoms with Gasteiger partial charge in [0.15, 0.2) is 15.8 Å². The van der Waals surface area contributed by atoms with Gasteiger partial charge in [-0.15, -0.1) is 0 Å². The molecule has 0 aliphatic carbocycles. The number of sulfone groups is 2. The fourth-order valence-corrected chi connectivity index (χ4v) is 2.90. The van der Waals surface area contributed by atoms with Crippen molar-refractivity contribution in [3.63, 3.8) is 0 Å². The lowest BCUT2D eigenvalue weighted by Crippen LogP contribution is -2.09. The Morgan fingerprint density at radius 3 is 2.19 bits per heavy atom. The smallest absolute Gasteiger partial charge is 0.202 e. The number of rotatable bonds is 4. The molecule has 90 valence electrons. The van der Waals surface area contributed by atoms with Crippen LogP contribution >= 0.6 is 0 Å². The van der Waals surface area contributed by atoms with Crippen molar-refractivity contribution in [2.75, 3.05) is 19.3 Å². The number of hydrogen-bond donors (Lipinski definition) is 0. The molecule has 0 spiro atoms. The van der Waals surface area contributed by atoms with E-state index in [0.717, 1.165) is 12.3 Å². The molecule has 0 aromatic heterocycles. The zero-order valence-electron chi connectivity index (χ0n) is 8.87. The van der Waals surface area contributed by atoms with Crippen molar-refractivity contribution in [3.05, 3.63) is 24.3 Å². The number of hydrogen-bond acceptors (Lipinski definition) is 5. The third-order valence-electron chi connectivity index (χ3n) is 1.87. The molecular weight excluding hydrogens is 252 g/mol. The summed E-state index contributed by atoms with van der Waals surface area (Å²) in [5.74, 6) is -0.472. The predicted octanol–water partition coefficient (Wildman–Crippen LogP) is 0.468. The van der Waals surface area contributed by atoms with E-state index in [1.807, 2.05) is 0 Å². The summed E-state index contributed by atoms with van der Waals surface area (Å²) in [6.07, 6.45) is 1.02. The van der Waals surface area contributed by atoms with Crippen molar-refractivity contribution < 1.29 is 21.6 Å². The van der Waals surface area contributed by atoms with Crippen molar-refractivity contribution in [3.8, 4) is 0 Å². The standard InChI is InChI=1S/C9H12O5S2/c1-14-7-16(12,13)9-5-3-4-8(6-9)15(2,10)11/h3-6H,7H2,1-2H3. The van der Waals surface area contributed by atoms with Crippen LogP contribution in [-0.2, 0) is 24.4 Å².